The predicted molar refractivity (Wildman–Crippen MR) is 130 cm³/mol. The molecule has 0 aromatic heterocycles. The van der Waals surface area contributed by atoms with Gasteiger partial charge in [-0.1, -0.05) is 43.2 Å². The number of cyclic esters (lactones) is 1. The third kappa shape index (κ3) is 5.78. The summed E-state index contributed by atoms with van der Waals surface area (Å²) in [6.07, 6.45) is 3.70. The van der Waals surface area contributed by atoms with Crippen LogP contribution < -0.4 is 9.47 Å². The minimum Gasteiger partial charge on any atom is -0.494 e. The molecular weight excluding hydrogens is 430 g/mol. The van der Waals surface area contributed by atoms with E-state index in [2.05, 4.69) is 11.9 Å². The Labute approximate surface area is 198 Å². The lowest BCUT2D eigenvalue weighted by Crippen LogP contribution is -2.08. The molecule has 0 bridgehead atoms. The monoisotopic (exact) mass is 455 g/mol. The van der Waals surface area contributed by atoms with E-state index < -0.39 is 11.9 Å². The van der Waals surface area contributed by atoms with Crippen LogP contribution in [0.3, 0.4) is 0 Å². The fourth-order valence-electron chi connectivity index (χ4n) is 3.21. The van der Waals surface area contributed by atoms with Crippen molar-refractivity contribution in [2.75, 3.05) is 6.61 Å². The van der Waals surface area contributed by atoms with Gasteiger partial charge in [0.15, 0.2) is 5.70 Å². The van der Waals surface area contributed by atoms with Crippen molar-refractivity contribution in [2.24, 2.45) is 4.99 Å². The van der Waals surface area contributed by atoms with Crippen molar-refractivity contribution < 1.29 is 23.8 Å². The van der Waals surface area contributed by atoms with Crippen LogP contribution in [-0.2, 0) is 9.53 Å². The van der Waals surface area contributed by atoms with Crippen molar-refractivity contribution in [3.05, 3.63) is 101 Å². The van der Waals surface area contributed by atoms with Crippen LogP contribution in [0.15, 0.2) is 83.5 Å². The van der Waals surface area contributed by atoms with Gasteiger partial charge in [0.1, 0.15) is 11.5 Å². The molecule has 1 aliphatic heterocycles. The molecule has 6 heteroatoms. The Kier molecular flexibility index (Phi) is 7.18. The van der Waals surface area contributed by atoms with Gasteiger partial charge in [0.2, 0.25) is 5.90 Å². The molecule has 0 N–H and O–H groups in total. The molecule has 0 fully saturated rings. The van der Waals surface area contributed by atoms with Crippen LogP contribution in [0.5, 0.6) is 11.5 Å². The molecule has 3 aromatic rings. The minimum absolute atomic E-state index is 0.197. The molecule has 0 saturated heterocycles. The number of hydrogen-bond donors (Lipinski definition) is 0. The highest BCUT2D eigenvalue weighted by atomic mass is 16.6. The molecule has 0 amide bonds. The first kappa shape index (κ1) is 23.0. The standard InChI is InChI=1S/C28H25NO5/c1-3-4-17-32-23-15-11-21(12-16-23)26-29-25(28(31)34-26)18-20-7-13-24(14-8-20)33-27(30)22-9-5-19(2)6-10-22/h5-16,18H,3-4,17H2,1-2H3/b25-18-. The molecule has 1 heterocycles. The van der Waals surface area contributed by atoms with Crippen molar-refractivity contribution in [3.8, 4) is 11.5 Å². The smallest absolute Gasteiger partial charge is 0.363 e. The van der Waals surface area contributed by atoms with Gasteiger partial charge in [-0.3, -0.25) is 0 Å². The van der Waals surface area contributed by atoms with Crippen LogP contribution in [0.1, 0.15) is 46.8 Å². The highest BCUT2D eigenvalue weighted by Crippen LogP contribution is 2.22. The number of ether oxygens (including phenoxy) is 3. The van der Waals surface area contributed by atoms with Crippen LogP contribution >= 0.6 is 0 Å². The fraction of sp³-hybridized carbons (Fsp3) is 0.179. The number of aryl methyl sites for hydroxylation is 1. The van der Waals surface area contributed by atoms with E-state index in [4.69, 9.17) is 14.2 Å². The quantitative estimate of drug-likeness (QED) is 0.187. The van der Waals surface area contributed by atoms with Gasteiger partial charge in [0.25, 0.3) is 0 Å². The van der Waals surface area contributed by atoms with E-state index >= 15 is 0 Å². The Morgan fingerprint density at radius 1 is 0.941 bits per heavy atom. The zero-order valence-electron chi connectivity index (χ0n) is 19.1. The molecule has 34 heavy (non-hydrogen) atoms. The van der Waals surface area contributed by atoms with E-state index in [-0.39, 0.29) is 11.6 Å². The number of unbranched alkanes of at least 4 members (excludes halogenated alkanes) is 1. The van der Waals surface area contributed by atoms with E-state index in [0.717, 1.165) is 29.7 Å². The average molecular weight is 456 g/mol. The van der Waals surface area contributed by atoms with Gasteiger partial charge in [0.05, 0.1) is 12.2 Å². The molecule has 0 spiro atoms. The zero-order valence-corrected chi connectivity index (χ0v) is 19.1. The average Bonchev–Trinajstić information content (AvgIpc) is 3.21. The van der Waals surface area contributed by atoms with Gasteiger partial charge in [-0.05, 0) is 73.5 Å². The molecule has 0 unspecified atom stereocenters. The van der Waals surface area contributed by atoms with E-state index in [1.54, 1.807) is 42.5 Å². The lowest BCUT2D eigenvalue weighted by molar-refractivity contribution is -0.129. The summed E-state index contributed by atoms with van der Waals surface area (Å²) < 4.78 is 16.4. The van der Waals surface area contributed by atoms with E-state index in [1.807, 2.05) is 43.3 Å². The minimum atomic E-state index is -0.520. The fourth-order valence-corrected chi connectivity index (χ4v) is 3.21. The Hall–Kier alpha value is -4.19. The maximum atomic E-state index is 12.3. The van der Waals surface area contributed by atoms with Gasteiger partial charge in [-0.2, -0.15) is 0 Å². The largest absolute Gasteiger partial charge is 0.494 e. The summed E-state index contributed by atoms with van der Waals surface area (Å²) >= 11 is 0. The predicted octanol–water partition coefficient (Wildman–Crippen LogP) is 5.74. The Morgan fingerprint density at radius 3 is 2.29 bits per heavy atom. The lowest BCUT2D eigenvalue weighted by atomic mass is 10.1. The third-order valence-electron chi connectivity index (χ3n) is 5.17. The van der Waals surface area contributed by atoms with E-state index in [1.165, 1.54) is 0 Å². The third-order valence-corrected chi connectivity index (χ3v) is 5.17. The summed E-state index contributed by atoms with van der Waals surface area (Å²) in [4.78, 5) is 28.9. The maximum absolute atomic E-state index is 12.3. The summed E-state index contributed by atoms with van der Waals surface area (Å²) in [5, 5.41) is 0. The van der Waals surface area contributed by atoms with E-state index in [9.17, 15) is 9.59 Å². The summed E-state index contributed by atoms with van der Waals surface area (Å²) in [6, 6.07) is 21.3. The number of carbonyl (C=O) groups excluding carboxylic acids is 2. The second-order valence-electron chi connectivity index (χ2n) is 7.89. The van der Waals surface area contributed by atoms with Crippen molar-refractivity contribution in [1.82, 2.24) is 0 Å². The van der Waals surface area contributed by atoms with Gasteiger partial charge < -0.3 is 14.2 Å². The molecule has 0 aliphatic carbocycles. The number of hydrogen-bond acceptors (Lipinski definition) is 6. The van der Waals surface area contributed by atoms with Crippen LogP contribution in [0.4, 0.5) is 0 Å². The molecule has 3 aromatic carbocycles. The highest BCUT2D eigenvalue weighted by molar-refractivity contribution is 6.12. The normalized spacial score (nSPS) is 14.0. The van der Waals surface area contributed by atoms with Crippen LogP contribution in [0, 0.1) is 6.92 Å². The summed E-state index contributed by atoms with van der Waals surface area (Å²) in [5.74, 6) is 0.475. The highest BCUT2D eigenvalue weighted by Gasteiger charge is 2.24. The van der Waals surface area contributed by atoms with E-state index in [0.29, 0.717) is 23.5 Å². The molecule has 0 radical (unpaired) electrons. The first-order chi connectivity index (χ1) is 16.5. The summed E-state index contributed by atoms with van der Waals surface area (Å²) in [6.45, 7) is 4.73. The van der Waals surface area contributed by atoms with Crippen LogP contribution in [0.2, 0.25) is 0 Å². The van der Waals surface area contributed by atoms with Crippen molar-refractivity contribution >= 4 is 23.9 Å². The number of rotatable bonds is 8. The number of esters is 2. The van der Waals surface area contributed by atoms with Crippen molar-refractivity contribution in [2.45, 2.75) is 26.7 Å². The molecule has 1 aliphatic rings. The number of aliphatic imine (C=N–C) groups is 1. The number of nitrogens with zero attached hydrogens (tertiary/aromatic N) is 1. The molecule has 172 valence electrons. The SMILES string of the molecule is CCCCOc1ccc(C2=N/C(=C\c3ccc(OC(=O)c4ccc(C)cc4)cc3)C(=O)O2)cc1. The molecule has 6 nitrogen and oxygen atoms in total. The van der Waals surface area contributed by atoms with Crippen LogP contribution in [-0.4, -0.2) is 24.4 Å². The first-order valence-corrected chi connectivity index (χ1v) is 11.2. The molecule has 0 saturated carbocycles. The Balaban J connectivity index is 1.41. The van der Waals surface area contributed by atoms with Gasteiger partial charge in [0, 0.05) is 5.56 Å². The Bertz CT molecular complexity index is 1220. The van der Waals surface area contributed by atoms with Crippen molar-refractivity contribution in [3.63, 3.8) is 0 Å². The second kappa shape index (κ2) is 10.6. The summed E-state index contributed by atoms with van der Waals surface area (Å²) in [7, 11) is 0. The van der Waals surface area contributed by atoms with Gasteiger partial charge in [-0.15, -0.1) is 0 Å². The zero-order chi connectivity index (χ0) is 23.9. The van der Waals surface area contributed by atoms with Gasteiger partial charge in [-0.25, -0.2) is 14.6 Å². The Morgan fingerprint density at radius 2 is 1.62 bits per heavy atom. The molecular formula is C28H25NO5. The maximum Gasteiger partial charge on any atom is 0.363 e. The summed E-state index contributed by atoms with van der Waals surface area (Å²) in [5.41, 5.74) is 3.17. The van der Waals surface area contributed by atoms with Gasteiger partial charge >= 0.3 is 11.9 Å². The first-order valence-electron chi connectivity index (χ1n) is 11.2. The number of benzene rings is 3. The number of carbonyl (C=O) groups is 2. The van der Waals surface area contributed by atoms with Crippen LogP contribution in [0.25, 0.3) is 6.08 Å². The second-order valence-corrected chi connectivity index (χ2v) is 7.89. The topological polar surface area (TPSA) is 74.2 Å². The molecule has 4 rings (SSSR count). The molecule has 0 atom stereocenters. The lowest BCUT2D eigenvalue weighted by Gasteiger charge is -2.05. The van der Waals surface area contributed by atoms with Crippen molar-refractivity contribution in [1.29, 1.82) is 0 Å².